The summed E-state index contributed by atoms with van der Waals surface area (Å²) in [6.07, 6.45) is 4.80. The number of nitrogen functional groups attached to an aromatic ring is 1. The van der Waals surface area contributed by atoms with Gasteiger partial charge in [-0.05, 0) is 18.9 Å². The minimum absolute atomic E-state index is 0.290. The fourth-order valence-electron chi connectivity index (χ4n) is 2.04. The zero-order chi connectivity index (χ0) is 13.0. The number of hydrogen-bond acceptors (Lipinski definition) is 5. The van der Waals surface area contributed by atoms with Crippen LogP contribution < -0.4 is 11.1 Å². The van der Waals surface area contributed by atoms with Crippen molar-refractivity contribution in [2.75, 3.05) is 24.1 Å². The van der Waals surface area contributed by atoms with Gasteiger partial charge in [0.15, 0.2) is 0 Å². The summed E-state index contributed by atoms with van der Waals surface area (Å²) in [6, 6.07) is 2.18. The third kappa shape index (κ3) is 3.01. The van der Waals surface area contributed by atoms with Gasteiger partial charge < -0.3 is 20.5 Å². The second-order valence-electron chi connectivity index (χ2n) is 4.25. The molecule has 0 radical (unpaired) electrons. The van der Waals surface area contributed by atoms with E-state index in [1.807, 2.05) is 15.5 Å². The Hall–Kier alpha value is -1.55. The van der Waals surface area contributed by atoms with Crippen LogP contribution in [0.4, 0.5) is 16.2 Å². The molecule has 1 aliphatic rings. The normalized spacial score (nSPS) is 16.4. The van der Waals surface area contributed by atoms with Crippen LogP contribution in [-0.2, 0) is 4.52 Å². The molecule has 1 aliphatic heterocycles. The highest BCUT2D eigenvalue weighted by Crippen LogP contribution is 2.21. The molecule has 0 aliphatic carbocycles. The highest BCUT2D eigenvalue weighted by atomic mass is 31.0. The average molecular weight is 268 g/mol. The molecular formula is C11H17N4O2P. The average Bonchev–Trinajstić information content (AvgIpc) is 2.41. The Bertz CT molecular complexity index is 421. The molecule has 7 heteroatoms. The fourth-order valence-corrected chi connectivity index (χ4v) is 2.19. The van der Waals surface area contributed by atoms with Crippen LogP contribution in [0.15, 0.2) is 18.5 Å². The van der Waals surface area contributed by atoms with Crippen LogP contribution in [0.5, 0.6) is 0 Å². The van der Waals surface area contributed by atoms with Gasteiger partial charge in [0.05, 0.1) is 27.0 Å². The maximum absolute atomic E-state index is 11.3. The minimum atomic E-state index is -0.290. The van der Waals surface area contributed by atoms with E-state index in [1.54, 1.807) is 17.3 Å². The number of hydrogen-bond donors (Lipinski definition) is 2. The number of carbonyl (C=O) groups excluding carboxylic acids is 1. The standard InChI is InChI=1S/C11H17N4O2P/c12-9-7-13-4-1-10(9)14-8-2-5-15(6-3-8)11(16)17-18/h1,4,7-8H,2-3,5-6,12,18H2,(H,13,14). The first kappa shape index (κ1) is 12.9. The number of nitrogens with zero attached hydrogens (tertiary/aromatic N) is 2. The molecule has 1 unspecified atom stereocenters. The lowest BCUT2D eigenvalue weighted by molar-refractivity contribution is 0.147. The Labute approximate surface area is 108 Å². The zero-order valence-electron chi connectivity index (χ0n) is 10.0. The Morgan fingerprint density at radius 1 is 1.56 bits per heavy atom. The molecule has 0 bridgehead atoms. The second-order valence-corrected chi connectivity index (χ2v) is 4.49. The highest BCUT2D eigenvalue weighted by Gasteiger charge is 2.23. The lowest BCUT2D eigenvalue weighted by atomic mass is 10.1. The fraction of sp³-hybridized carbons (Fsp3) is 0.455. The Morgan fingerprint density at radius 2 is 2.28 bits per heavy atom. The monoisotopic (exact) mass is 268 g/mol. The van der Waals surface area contributed by atoms with Crippen molar-refractivity contribution >= 4 is 26.9 Å². The van der Waals surface area contributed by atoms with Crippen molar-refractivity contribution in [2.45, 2.75) is 18.9 Å². The summed E-state index contributed by atoms with van der Waals surface area (Å²) >= 11 is 0. The molecule has 2 heterocycles. The van der Waals surface area contributed by atoms with E-state index in [2.05, 4.69) is 14.8 Å². The number of likely N-dealkylation sites (tertiary alicyclic amines) is 1. The van der Waals surface area contributed by atoms with E-state index in [4.69, 9.17) is 5.73 Å². The van der Waals surface area contributed by atoms with Gasteiger partial charge in [-0.3, -0.25) is 4.98 Å². The number of carbonyl (C=O) groups is 1. The molecule has 2 rings (SSSR count). The van der Waals surface area contributed by atoms with Gasteiger partial charge in [0.2, 0.25) is 0 Å². The third-order valence-electron chi connectivity index (χ3n) is 3.07. The van der Waals surface area contributed by atoms with Crippen LogP contribution in [-0.4, -0.2) is 35.1 Å². The van der Waals surface area contributed by atoms with E-state index in [0.717, 1.165) is 18.5 Å². The number of nitrogens with two attached hydrogens (primary N) is 1. The highest BCUT2D eigenvalue weighted by molar-refractivity contribution is 7.10. The summed E-state index contributed by atoms with van der Waals surface area (Å²) in [6.45, 7) is 1.38. The number of nitrogens with one attached hydrogen (secondary N) is 1. The molecule has 98 valence electrons. The van der Waals surface area contributed by atoms with Crippen LogP contribution in [0, 0.1) is 0 Å². The molecule has 1 saturated heterocycles. The summed E-state index contributed by atoms with van der Waals surface area (Å²) in [4.78, 5) is 17.0. The zero-order valence-corrected chi connectivity index (χ0v) is 11.2. The lowest BCUT2D eigenvalue weighted by Gasteiger charge is -2.32. The molecule has 0 saturated carbocycles. The van der Waals surface area contributed by atoms with Crippen molar-refractivity contribution < 1.29 is 9.32 Å². The van der Waals surface area contributed by atoms with E-state index in [-0.39, 0.29) is 6.09 Å². The predicted molar refractivity (Wildman–Crippen MR) is 73.1 cm³/mol. The summed E-state index contributed by atoms with van der Waals surface area (Å²) in [5.74, 6) is 0. The van der Waals surface area contributed by atoms with Crippen molar-refractivity contribution in [1.29, 1.82) is 0 Å². The number of aromatic nitrogens is 1. The molecule has 1 fully saturated rings. The van der Waals surface area contributed by atoms with Crippen LogP contribution in [0.2, 0.25) is 0 Å². The smallest absolute Gasteiger partial charge is 0.411 e. The molecular weight excluding hydrogens is 251 g/mol. The van der Waals surface area contributed by atoms with Gasteiger partial charge in [-0.25, -0.2) is 4.79 Å². The van der Waals surface area contributed by atoms with Crippen LogP contribution in [0.25, 0.3) is 0 Å². The summed E-state index contributed by atoms with van der Waals surface area (Å²) in [7, 11) is 1.98. The van der Waals surface area contributed by atoms with Gasteiger partial charge in [-0.2, -0.15) is 0 Å². The topological polar surface area (TPSA) is 80.5 Å². The van der Waals surface area contributed by atoms with Gasteiger partial charge in [-0.15, -0.1) is 0 Å². The van der Waals surface area contributed by atoms with Crippen LogP contribution >= 0.6 is 9.47 Å². The summed E-state index contributed by atoms with van der Waals surface area (Å²) in [5, 5.41) is 3.38. The lowest BCUT2D eigenvalue weighted by Crippen LogP contribution is -2.41. The molecule has 0 aromatic carbocycles. The predicted octanol–water partition coefficient (Wildman–Crippen LogP) is 1.47. The maximum atomic E-state index is 11.3. The Kier molecular flexibility index (Phi) is 4.20. The van der Waals surface area contributed by atoms with Crippen molar-refractivity contribution in [3.05, 3.63) is 18.5 Å². The van der Waals surface area contributed by atoms with Crippen LogP contribution in [0.3, 0.4) is 0 Å². The minimum Gasteiger partial charge on any atom is -0.435 e. The van der Waals surface area contributed by atoms with E-state index in [9.17, 15) is 4.79 Å². The van der Waals surface area contributed by atoms with Gasteiger partial charge in [0.1, 0.15) is 0 Å². The Morgan fingerprint density at radius 3 is 2.89 bits per heavy atom. The first-order valence-electron chi connectivity index (χ1n) is 5.82. The first-order valence-corrected chi connectivity index (χ1v) is 6.29. The summed E-state index contributed by atoms with van der Waals surface area (Å²) < 4.78 is 4.62. The van der Waals surface area contributed by atoms with Crippen molar-refractivity contribution in [1.82, 2.24) is 9.88 Å². The molecule has 0 spiro atoms. The van der Waals surface area contributed by atoms with Gasteiger partial charge in [0, 0.05) is 25.3 Å². The maximum Gasteiger partial charge on any atom is 0.411 e. The largest absolute Gasteiger partial charge is 0.435 e. The molecule has 1 amide bonds. The molecule has 1 atom stereocenters. The van der Waals surface area contributed by atoms with Crippen molar-refractivity contribution in [2.24, 2.45) is 0 Å². The van der Waals surface area contributed by atoms with Crippen molar-refractivity contribution in [3.63, 3.8) is 0 Å². The molecule has 6 nitrogen and oxygen atoms in total. The number of pyridine rings is 1. The van der Waals surface area contributed by atoms with E-state index in [1.165, 1.54) is 0 Å². The van der Waals surface area contributed by atoms with Gasteiger partial charge >= 0.3 is 6.09 Å². The molecule has 18 heavy (non-hydrogen) atoms. The SMILES string of the molecule is Nc1cnccc1NC1CCN(C(=O)OP)CC1. The quantitative estimate of drug-likeness (QED) is 0.794. The summed E-state index contributed by atoms with van der Waals surface area (Å²) in [5.41, 5.74) is 7.37. The third-order valence-corrected chi connectivity index (χ3v) is 3.27. The van der Waals surface area contributed by atoms with Gasteiger partial charge in [-0.1, -0.05) is 0 Å². The van der Waals surface area contributed by atoms with E-state index in [0.29, 0.717) is 24.8 Å². The number of piperidine rings is 1. The molecule has 1 aromatic heterocycles. The van der Waals surface area contributed by atoms with Gasteiger partial charge in [0.25, 0.3) is 0 Å². The number of amides is 1. The van der Waals surface area contributed by atoms with Crippen LogP contribution in [0.1, 0.15) is 12.8 Å². The molecule has 3 N–H and O–H groups in total. The first-order chi connectivity index (χ1) is 8.70. The van der Waals surface area contributed by atoms with E-state index < -0.39 is 0 Å². The number of anilines is 2. The Balaban J connectivity index is 1.87. The molecule has 1 aromatic rings. The number of rotatable bonds is 2. The van der Waals surface area contributed by atoms with E-state index >= 15 is 0 Å². The van der Waals surface area contributed by atoms with Crippen molar-refractivity contribution in [3.8, 4) is 0 Å². The second kappa shape index (κ2) is 5.87.